The van der Waals surface area contributed by atoms with E-state index < -0.39 is 0 Å². The van der Waals surface area contributed by atoms with E-state index in [9.17, 15) is 9.59 Å². The molecule has 0 N–H and O–H groups in total. The van der Waals surface area contributed by atoms with Crippen LogP contribution in [0.3, 0.4) is 0 Å². The summed E-state index contributed by atoms with van der Waals surface area (Å²) in [5.74, 6) is 0.200. The number of ketones is 2. The van der Waals surface area contributed by atoms with E-state index >= 15 is 0 Å². The molecular formula is C18H19N2O2+. The molecule has 1 aromatic heterocycles. The Balaban J connectivity index is 1.82. The number of rotatable bonds is 5. The minimum Gasteiger partial charge on any atom is -0.287 e. The van der Waals surface area contributed by atoms with Crippen molar-refractivity contribution in [2.24, 2.45) is 5.92 Å². The first-order valence-electron chi connectivity index (χ1n) is 7.71. The molecule has 1 fully saturated rings. The Morgan fingerprint density at radius 1 is 1.14 bits per heavy atom. The van der Waals surface area contributed by atoms with Gasteiger partial charge in [-0.15, -0.1) is 0 Å². The molecule has 1 saturated carbocycles. The lowest BCUT2D eigenvalue weighted by Crippen LogP contribution is -2.44. The highest BCUT2D eigenvalue weighted by Gasteiger charge is 2.30. The maximum Gasteiger partial charge on any atom is 0.267 e. The number of carbonyl (C=O) groups excluding carboxylic acids is 2. The van der Waals surface area contributed by atoms with Gasteiger partial charge in [-0.05, 0) is 12.8 Å². The number of nitrogens with zero attached hydrogens (tertiary/aromatic N) is 2. The van der Waals surface area contributed by atoms with Crippen molar-refractivity contribution < 1.29 is 14.2 Å². The zero-order valence-corrected chi connectivity index (χ0v) is 12.4. The Bertz CT molecular complexity index is 676. The molecule has 2 aromatic rings. The first-order valence-corrected chi connectivity index (χ1v) is 7.71. The summed E-state index contributed by atoms with van der Waals surface area (Å²) in [7, 11) is 0. The summed E-state index contributed by atoms with van der Waals surface area (Å²) in [6.45, 7) is 0.167. The van der Waals surface area contributed by atoms with Crippen molar-refractivity contribution in [1.82, 2.24) is 4.98 Å². The third-order valence-electron chi connectivity index (χ3n) is 4.23. The predicted molar refractivity (Wildman–Crippen MR) is 81.5 cm³/mol. The molecule has 0 atom stereocenters. The molecule has 1 heterocycles. The van der Waals surface area contributed by atoms with Gasteiger partial charge in [0.15, 0.2) is 6.20 Å². The zero-order chi connectivity index (χ0) is 15.4. The van der Waals surface area contributed by atoms with Gasteiger partial charge in [-0.25, -0.2) is 0 Å². The Kier molecular flexibility index (Phi) is 4.37. The van der Waals surface area contributed by atoms with E-state index in [1.165, 1.54) is 0 Å². The Hall–Kier alpha value is -2.36. The van der Waals surface area contributed by atoms with Crippen molar-refractivity contribution >= 4 is 11.6 Å². The Morgan fingerprint density at radius 2 is 1.86 bits per heavy atom. The predicted octanol–water partition coefficient (Wildman–Crippen LogP) is 2.62. The van der Waals surface area contributed by atoms with Gasteiger partial charge >= 0.3 is 0 Å². The third-order valence-corrected chi connectivity index (χ3v) is 4.23. The van der Waals surface area contributed by atoms with Crippen molar-refractivity contribution in [2.45, 2.75) is 32.2 Å². The number of hydrogen-bond acceptors (Lipinski definition) is 3. The quantitative estimate of drug-likeness (QED) is 0.629. The fourth-order valence-electron chi connectivity index (χ4n) is 3.00. The van der Waals surface area contributed by atoms with E-state index in [0.29, 0.717) is 11.3 Å². The second kappa shape index (κ2) is 6.60. The highest BCUT2D eigenvalue weighted by molar-refractivity contribution is 5.96. The van der Waals surface area contributed by atoms with Crippen molar-refractivity contribution in [3.8, 4) is 0 Å². The fourth-order valence-corrected chi connectivity index (χ4v) is 3.00. The molecule has 1 aromatic carbocycles. The van der Waals surface area contributed by atoms with Crippen molar-refractivity contribution in [2.75, 3.05) is 0 Å². The largest absolute Gasteiger partial charge is 0.287 e. The summed E-state index contributed by atoms with van der Waals surface area (Å²) in [5, 5.41) is 0. The maximum atomic E-state index is 12.6. The molecule has 0 amide bonds. The van der Waals surface area contributed by atoms with E-state index in [0.717, 1.165) is 25.7 Å². The average Bonchev–Trinajstić information content (AvgIpc) is 3.10. The normalized spacial score (nSPS) is 14.9. The van der Waals surface area contributed by atoms with Gasteiger partial charge in [0, 0.05) is 11.5 Å². The summed E-state index contributed by atoms with van der Waals surface area (Å²) in [4.78, 5) is 29.0. The highest BCUT2D eigenvalue weighted by atomic mass is 16.1. The van der Waals surface area contributed by atoms with Crippen LogP contribution in [0.25, 0.3) is 0 Å². The monoisotopic (exact) mass is 295 g/mol. The van der Waals surface area contributed by atoms with Crippen LogP contribution >= 0.6 is 0 Å². The van der Waals surface area contributed by atoms with Gasteiger partial charge in [-0.1, -0.05) is 43.2 Å². The van der Waals surface area contributed by atoms with Crippen LogP contribution < -0.4 is 4.57 Å². The summed E-state index contributed by atoms with van der Waals surface area (Å²) in [6.07, 6.45) is 9.02. The first kappa shape index (κ1) is 14.6. The van der Waals surface area contributed by atoms with Gasteiger partial charge in [0.05, 0.1) is 6.20 Å². The molecule has 112 valence electrons. The van der Waals surface area contributed by atoms with Crippen molar-refractivity contribution in [3.05, 3.63) is 60.2 Å². The molecule has 0 unspecified atom stereocenters. The molecule has 0 aliphatic heterocycles. The number of carbonyl (C=O) groups is 2. The van der Waals surface area contributed by atoms with Crippen molar-refractivity contribution in [1.29, 1.82) is 0 Å². The fraction of sp³-hybridized carbons (Fsp3) is 0.333. The molecule has 3 rings (SSSR count). The topological polar surface area (TPSA) is 50.9 Å². The average molecular weight is 295 g/mol. The van der Waals surface area contributed by atoms with E-state index in [2.05, 4.69) is 4.98 Å². The lowest BCUT2D eigenvalue weighted by atomic mass is 10.00. The van der Waals surface area contributed by atoms with Gasteiger partial charge in [-0.3, -0.25) is 14.6 Å². The van der Waals surface area contributed by atoms with E-state index in [1.807, 2.05) is 18.2 Å². The molecule has 0 radical (unpaired) electrons. The minimum absolute atomic E-state index is 0.00253. The molecule has 0 saturated heterocycles. The highest BCUT2D eigenvalue weighted by Crippen LogP contribution is 2.27. The molecule has 4 nitrogen and oxygen atoms in total. The molecular weight excluding hydrogens is 276 g/mol. The molecule has 22 heavy (non-hydrogen) atoms. The van der Waals surface area contributed by atoms with Crippen molar-refractivity contribution in [3.63, 3.8) is 0 Å². The number of benzene rings is 1. The van der Waals surface area contributed by atoms with Gasteiger partial charge in [0.2, 0.25) is 18.1 Å². The number of Topliss-reactive ketones (excluding diaryl/α,β-unsaturated/α-hetero) is 2. The van der Waals surface area contributed by atoms with Crippen LogP contribution in [0.5, 0.6) is 0 Å². The second-order valence-corrected chi connectivity index (χ2v) is 5.72. The summed E-state index contributed by atoms with van der Waals surface area (Å²) in [5.41, 5.74) is 1.20. The lowest BCUT2D eigenvalue weighted by Gasteiger charge is -2.07. The molecule has 0 spiro atoms. The smallest absolute Gasteiger partial charge is 0.267 e. The standard InChI is InChI=1S/C18H19N2O2/c21-17(14-6-2-1-3-7-14)13-20-11-10-19-12-16(20)18(22)15-8-4-5-9-15/h1-3,6-7,10-12,15H,4-5,8-9,13H2/q+1. The van der Waals surface area contributed by atoms with Crippen LogP contribution in [-0.4, -0.2) is 16.6 Å². The van der Waals surface area contributed by atoms with Crippen LogP contribution in [0, 0.1) is 5.92 Å². The summed E-state index contributed by atoms with van der Waals surface area (Å²) >= 11 is 0. The molecule has 0 bridgehead atoms. The second-order valence-electron chi connectivity index (χ2n) is 5.72. The Labute approximate surface area is 129 Å². The molecule has 1 aliphatic rings. The van der Waals surface area contributed by atoms with E-state index in [-0.39, 0.29) is 24.0 Å². The van der Waals surface area contributed by atoms with Gasteiger partial charge in [0.1, 0.15) is 6.20 Å². The van der Waals surface area contributed by atoms with Crippen LogP contribution in [-0.2, 0) is 6.54 Å². The molecule has 4 heteroatoms. The van der Waals surface area contributed by atoms with Gasteiger partial charge in [-0.2, -0.15) is 4.57 Å². The van der Waals surface area contributed by atoms with Gasteiger partial charge in [0.25, 0.3) is 5.69 Å². The van der Waals surface area contributed by atoms with Crippen LogP contribution in [0.15, 0.2) is 48.9 Å². The van der Waals surface area contributed by atoms with Gasteiger partial charge < -0.3 is 0 Å². The first-order chi connectivity index (χ1) is 10.8. The summed E-state index contributed by atoms with van der Waals surface area (Å²) < 4.78 is 1.73. The minimum atomic E-state index is -0.00253. The van der Waals surface area contributed by atoms with E-state index in [1.54, 1.807) is 35.3 Å². The maximum absolute atomic E-state index is 12.6. The van der Waals surface area contributed by atoms with Crippen LogP contribution in [0.2, 0.25) is 0 Å². The zero-order valence-electron chi connectivity index (χ0n) is 12.4. The number of aromatic nitrogens is 2. The SMILES string of the molecule is O=C(C[n+]1ccncc1C(=O)C1CCCC1)c1ccccc1. The Morgan fingerprint density at radius 3 is 2.59 bits per heavy atom. The number of hydrogen-bond donors (Lipinski definition) is 0. The molecule has 1 aliphatic carbocycles. The lowest BCUT2D eigenvalue weighted by molar-refractivity contribution is -0.685. The summed E-state index contributed by atoms with van der Waals surface area (Å²) in [6, 6.07) is 9.15. The van der Waals surface area contributed by atoms with Crippen LogP contribution in [0.4, 0.5) is 0 Å². The third kappa shape index (κ3) is 3.11. The van der Waals surface area contributed by atoms with Crippen LogP contribution in [0.1, 0.15) is 46.5 Å². The van der Waals surface area contributed by atoms with E-state index in [4.69, 9.17) is 0 Å².